The Bertz CT molecular complexity index is 1060. The van der Waals surface area contributed by atoms with Gasteiger partial charge in [0.25, 0.3) is 5.91 Å². The van der Waals surface area contributed by atoms with Gasteiger partial charge in [-0.2, -0.15) is 4.31 Å². The standard InChI is InChI=1S/C24H32N2O4S/c1-15-10-18(4)23(19(5)11-15)25-24(27)20-7-8-21(30-6)22(12-20)31(28,29)26-13-16(2)9-17(3)14-26/h7-8,10-12,16-17H,9,13-14H2,1-6H3,(H,25,27)/t16-,17+. The molecule has 1 aliphatic rings. The number of methoxy groups -OCH3 is 1. The summed E-state index contributed by atoms with van der Waals surface area (Å²) in [5.41, 5.74) is 4.06. The van der Waals surface area contributed by atoms with Gasteiger partial charge in [0, 0.05) is 24.3 Å². The second-order valence-electron chi connectivity index (χ2n) is 8.86. The van der Waals surface area contributed by atoms with Crippen molar-refractivity contribution in [2.24, 2.45) is 11.8 Å². The van der Waals surface area contributed by atoms with Crippen LogP contribution in [0.2, 0.25) is 0 Å². The van der Waals surface area contributed by atoms with Gasteiger partial charge in [-0.05, 0) is 68.4 Å². The molecule has 2 aromatic rings. The molecule has 1 heterocycles. The number of amides is 1. The molecule has 1 fully saturated rings. The third-order valence-electron chi connectivity index (χ3n) is 5.79. The predicted octanol–water partition coefficient (Wildman–Crippen LogP) is 4.54. The van der Waals surface area contributed by atoms with Crippen molar-refractivity contribution >= 4 is 21.6 Å². The summed E-state index contributed by atoms with van der Waals surface area (Å²) in [4.78, 5) is 13.0. The first-order chi connectivity index (χ1) is 14.5. The van der Waals surface area contributed by atoms with Gasteiger partial charge in [0.1, 0.15) is 10.6 Å². The zero-order chi connectivity index (χ0) is 22.9. The molecule has 0 unspecified atom stereocenters. The highest BCUT2D eigenvalue weighted by Gasteiger charge is 2.34. The zero-order valence-corrected chi connectivity index (χ0v) is 20.0. The Hall–Kier alpha value is -2.38. The highest BCUT2D eigenvalue weighted by atomic mass is 32.2. The minimum Gasteiger partial charge on any atom is -0.495 e. The number of carbonyl (C=O) groups is 1. The quantitative estimate of drug-likeness (QED) is 0.735. The van der Waals surface area contributed by atoms with E-state index in [0.717, 1.165) is 28.8 Å². The maximum absolute atomic E-state index is 13.5. The van der Waals surface area contributed by atoms with E-state index in [0.29, 0.717) is 13.1 Å². The lowest BCUT2D eigenvalue weighted by Crippen LogP contribution is -2.42. The molecule has 0 radical (unpaired) electrons. The molecule has 6 nitrogen and oxygen atoms in total. The number of hydrogen-bond donors (Lipinski definition) is 1. The van der Waals surface area contributed by atoms with E-state index in [1.807, 2.05) is 32.9 Å². The minimum atomic E-state index is -3.79. The lowest BCUT2D eigenvalue weighted by molar-refractivity contribution is 0.102. The number of nitrogens with one attached hydrogen (secondary N) is 1. The summed E-state index contributed by atoms with van der Waals surface area (Å²) in [6.45, 7) is 10.9. The van der Waals surface area contributed by atoms with Gasteiger partial charge >= 0.3 is 0 Å². The molecule has 1 amide bonds. The van der Waals surface area contributed by atoms with Crippen LogP contribution in [0, 0.1) is 32.6 Å². The number of benzene rings is 2. The van der Waals surface area contributed by atoms with Crippen molar-refractivity contribution < 1.29 is 17.9 Å². The Morgan fingerprint density at radius 3 is 2.16 bits per heavy atom. The van der Waals surface area contributed by atoms with E-state index in [1.165, 1.54) is 17.5 Å². The molecule has 0 bridgehead atoms. The second-order valence-corrected chi connectivity index (χ2v) is 10.8. The number of piperidine rings is 1. The number of sulfonamides is 1. The summed E-state index contributed by atoms with van der Waals surface area (Å²) in [5.74, 6) is 0.451. The lowest BCUT2D eigenvalue weighted by atomic mass is 9.94. The van der Waals surface area contributed by atoms with Crippen LogP contribution in [-0.4, -0.2) is 38.8 Å². The molecule has 0 aromatic heterocycles. The van der Waals surface area contributed by atoms with Crippen molar-refractivity contribution in [2.45, 2.75) is 45.9 Å². The Morgan fingerprint density at radius 1 is 1.03 bits per heavy atom. The molecule has 1 saturated heterocycles. The first-order valence-electron chi connectivity index (χ1n) is 10.6. The maximum Gasteiger partial charge on any atom is 0.255 e. The first-order valence-corrected chi connectivity index (χ1v) is 12.0. The Labute approximate surface area is 185 Å². The molecule has 168 valence electrons. The fourth-order valence-electron chi connectivity index (χ4n) is 4.52. The summed E-state index contributed by atoms with van der Waals surface area (Å²) < 4.78 is 33.8. The second kappa shape index (κ2) is 9.01. The van der Waals surface area contributed by atoms with Crippen LogP contribution in [0.5, 0.6) is 5.75 Å². The Morgan fingerprint density at radius 2 is 1.61 bits per heavy atom. The molecule has 3 rings (SSSR count). The molecular weight excluding hydrogens is 412 g/mol. The largest absolute Gasteiger partial charge is 0.495 e. The van der Waals surface area contributed by atoms with Gasteiger partial charge in [0.05, 0.1) is 7.11 Å². The highest BCUT2D eigenvalue weighted by Crippen LogP contribution is 2.32. The van der Waals surface area contributed by atoms with Crippen molar-refractivity contribution in [2.75, 3.05) is 25.5 Å². The van der Waals surface area contributed by atoms with E-state index in [1.54, 1.807) is 12.1 Å². The van der Waals surface area contributed by atoms with Crippen molar-refractivity contribution in [3.8, 4) is 5.75 Å². The van der Waals surface area contributed by atoms with Crippen molar-refractivity contribution in [1.29, 1.82) is 0 Å². The number of nitrogens with zero attached hydrogens (tertiary/aromatic N) is 1. The molecule has 2 aromatic carbocycles. The van der Waals surface area contributed by atoms with Crippen LogP contribution < -0.4 is 10.1 Å². The lowest BCUT2D eigenvalue weighted by Gasteiger charge is -2.34. The Kier molecular flexibility index (Phi) is 6.76. The summed E-state index contributed by atoms with van der Waals surface area (Å²) in [6.07, 6.45) is 1.00. The van der Waals surface area contributed by atoms with Crippen molar-refractivity contribution in [3.05, 3.63) is 52.6 Å². The molecule has 1 aliphatic heterocycles. The van der Waals surface area contributed by atoms with Gasteiger partial charge < -0.3 is 10.1 Å². The smallest absolute Gasteiger partial charge is 0.255 e. The van der Waals surface area contributed by atoms with Crippen LogP contribution in [0.4, 0.5) is 5.69 Å². The molecule has 0 spiro atoms. The third kappa shape index (κ3) is 4.93. The third-order valence-corrected chi connectivity index (χ3v) is 7.65. The van der Waals surface area contributed by atoms with Gasteiger partial charge in [-0.1, -0.05) is 31.5 Å². The first kappa shape index (κ1) is 23.3. The van der Waals surface area contributed by atoms with Gasteiger partial charge in [-0.15, -0.1) is 0 Å². The monoisotopic (exact) mass is 444 g/mol. The topological polar surface area (TPSA) is 75.7 Å². The molecule has 2 atom stereocenters. The molecule has 0 saturated carbocycles. The van der Waals surface area contributed by atoms with Crippen molar-refractivity contribution in [3.63, 3.8) is 0 Å². The van der Waals surface area contributed by atoms with Crippen LogP contribution >= 0.6 is 0 Å². The molecule has 7 heteroatoms. The van der Waals surface area contributed by atoms with E-state index >= 15 is 0 Å². The summed E-state index contributed by atoms with van der Waals surface area (Å²) in [5, 5.41) is 2.94. The summed E-state index contributed by atoms with van der Waals surface area (Å²) >= 11 is 0. The molecule has 1 N–H and O–H groups in total. The van der Waals surface area contributed by atoms with Crippen LogP contribution in [-0.2, 0) is 10.0 Å². The van der Waals surface area contributed by atoms with E-state index in [2.05, 4.69) is 19.2 Å². The summed E-state index contributed by atoms with van der Waals surface area (Å²) in [7, 11) is -2.35. The van der Waals surface area contributed by atoms with Gasteiger partial charge in [0.2, 0.25) is 10.0 Å². The SMILES string of the molecule is COc1ccc(C(=O)Nc2c(C)cc(C)cc2C)cc1S(=O)(=O)N1C[C@H](C)C[C@H](C)C1. The maximum atomic E-state index is 13.5. The average molecular weight is 445 g/mol. The van der Waals surface area contributed by atoms with Crippen LogP contribution in [0.3, 0.4) is 0 Å². The summed E-state index contributed by atoms with van der Waals surface area (Å²) in [6, 6.07) is 8.57. The number of aryl methyl sites for hydroxylation is 3. The zero-order valence-electron chi connectivity index (χ0n) is 19.2. The average Bonchev–Trinajstić information content (AvgIpc) is 2.69. The van der Waals surface area contributed by atoms with E-state index in [9.17, 15) is 13.2 Å². The fourth-order valence-corrected chi connectivity index (χ4v) is 6.38. The molecule has 31 heavy (non-hydrogen) atoms. The van der Waals surface area contributed by atoms with E-state index < -0.39 is 10.0 Å². The minimum absolute atomic E-state index is 0.0290. The van der Waals surface area contributed by atoms with E-state index in [-0.39, 0.29) is 34.0 Å². The highest BCUT2D eigenvalue weighted by molar-refractivity contribution is 7.89. The number of rotatable bonds is 5. The number of hydrogen-bond acceptors (Lipinski definition) is 4. The van der Waals surface area contributed by atoms with Crippen molar-refractivity contribution in [1.82, 2.24) is 4.31 Å². The van der Waals surface area contributed by atoms with Crippen LogP contribution in [0.15, 0.2) is 35.2 Å². The molecule has 0 aliphatic carbocycles. The number of carbonyl (C=O) groups excluding carboxylic acids is 1. The Balaban J connectivity index is 1.96. The number of anilines is 1. The van der Waals surface area contributed by atoms with Gasteiger partial charge in [-0.3, -0.25) is 4.79 Å². The van der Waals surface area contributed by atoms with Gasteiger partial charge in [-0.25, -0.2) is 8.42 Å². The number of ether oxygens (including phenoxy) is 1. The fraction of sp³-hybridized carbons (Fsp3) is 0.458. The normalized spacial score (nSPS) is 19.8. The molecular formula is C24H32N2O4S. The van der Waals surface area contributed by atoms with Gasteiger partial charge in [0.15, 0.2) is 0 Å². The van der Waals surface area contributed by atoms with Crippen LogP contribution in [0.1, 0.15) is 47.3 Å². The van der Waals surface area contributed by atoms with Crippen LogP contribution in [0.25, 0.3) is 0 Å². The van der Waals surface area contributed by atoms with E-state index in [4.69, 9.17) is 4.74 Å². The predicted molar refractivity (Wildman–Crippen MR) is 123 cm³/mol.